The normalized spacial score (nSPS) is 12.2. The fourth-order valence-electron chi connectivity index (χ4n) is 1.95. The third-order valence-corrected chi connectivity index (χ3v) is 4.96. The maximum Gasteiger partial charge on any atom is 0.195 e. The number of Topliss-reactive ketones (excluding diaryl/α,β-unsaturated/α-hetero) is 1. The molecule has 92 valence electrons. The first kappa shape index (κ1) is 12.1. The van der Waals surface area contributed by atoms with Crippen LogP contribution < -0.4 is 0 Å². The Labute approximate surface area is 118 Å². The van der Waals surface area contributed by atoms with E-state index in [1.165, 1.54) is 22.7 Å². The van der Waals surface area contributed by atoms with E-state index in [2.05, 4.69) is 6.07 Å². The van der Waals surface area contributed by atoms with E-state index in [0.29, 0.717) is 4.88 Å². The lowest BCUT2D eigenvalue weighted by molar-refractivity contribution is 0.0984. The average Bonchev–Trinajstić information content (AvgIpc) is 3.08. The summed E-state index contributed by atoms with van der Waals surface area (Å²) in [5, 5.41) is 12.2. The van der Waals surface area contributed by atoms with Gasteiger partial charge in [-0.25, -0.2) is 0 Å². The largest absolute Gasteiger partial charge is 0.291 e. The van der Waals surface area contributed by atoms with Gasteiger partial charge in [-0.2, -0.15) is 5.26 Å². The Morgan fingerprint density at radius 1 is 1.21 bits per heavy atom. The molecule has 0 spiro atoms. The van der Waals surface area contributed by atoms with Gasteiger partial charge in [-0.1, -0.05) is 24.3 Å². The highest BCUT2D eigenvalue weighted by Gasteiger charge is 2.24. The summed E-state index contributed by atoms with van der Waals surface area (Å²) in [6.45, 7) is 0. The molecule has 0 aliphatic carbocycles. The lowest BCUT2D eigenvalue weighted by atomic mass is 10.0. The molecule has 2 heterocycles. The van der Waals surface area contributed by atoms with E-state index in [4.69, 9.17) is 0 Å². The molecule has 2 nitrogen and oxygen atoms in total. The van der Waals surface area contributed by atoms with Gasteiger partial charge in [-0.05, 0) is 29.0 Å². The van der Waals surface area contributed by atoms with Gasteiger partial charge in [-0.3, -0.25) is 4.79 Å². The molecular formula is C15H9NOS2. The van der Waals surface area contributed by atoms with E-state index in [-0.39, 0.29) is 5.78 Å². The summed E-state index contributed by atoms with van der Waals surface area (Å²) in [6.07, 6.45) is 0. The van der Waals surface area contributed by atoms with E-state index in [0.717, 1.165) is 15.0 Å². The number of rotatable bonds is 3. The van der Waals surface area contributed by atoms with Gasteiger partial charge < -0.3 is 0 Å². The third kappa shape index (κ3) is 2.19. The van der Waals surface area contributed by atoms with E-state index >= 15 is 0 Å². The van der Waals surface area contributed by atoms with Gasteiger partial charge >= 0.3 is 0 Å². The Kier molecular flexibility index (Phi) is 3.16. The Bertz CT molecular complexity index is 732. The van der Waals surface area contributed by atoms with Crippen LogP contribution in [0, 0.1) is 11.3 Å². The van der Waals surface area contributed by atoms with Crippen LogP contribution in [0.5, 0.6) is 0 Å². The van der Waals surface area contributed by atoms with Crippen molar-refractivity contribution < 1.29 is 4.79 Å². The lowest BCUT2D eigenvalue weighted by Crippen LogP contribution is -2.08. The number of fused-ring (bicyclic) bond motifs is 1. The molecule has 0 aliphatic heterocycles. The summed E-state index contributed by atoms with van der Waals surface area (Å²) in [5.74, 6) is -0.792. The highest BCUT2D eigenvalue weighted by atomic mass is 32.1. The van der Waals surface area contributed by atoms with Gasteiger partial charge in [0.2, 0.25) is 0 Å². The molecule has 19 heavy (non-hydrogen) atoms. The van der Waals surface area contributed by atoms with Crippen LogP contribution in [-0.2, 0) is 0 Å². The smallest absolute Gasteiger partial charge is 0.195 e. The van der Waals surface area contributed by atoms with E-state index in [9.17, 15) is 10.1 Å². The second-order valence-corrected chi connectivity index (χ2v) is 6.15. The molecule has 1 aromatic carbocycles. The zero-order valence-electron chi connectivity index (χ0n) is 9.87. The Morgan fingerprint density at radius 3 is 2.74 bits per heavy atom. The molecule has 0 N–H and O–H groups in total. The predicted octanol–water partition coefficient (Wildman–Crippen LogP) is 4.45. The van der Waals surface area contributed by atoms with Crippen molar-refractivity contribution in [2.45, 2.75) is 5.92 Å². The molecule has 0 aliphatic rings. The van der Waals surface area contributed by atoms with Gasteiger partial charge in [0.1, 0.15) is 5.92 Å². The van der Waals surface area contributed by atoms with Gasteiger partial charge in [0, 0.05) is 9.58 Å². The van der Waals surface area contributed by atoms with Crippen molar-refractivity contribution >= 4 is 38.5 Å². The molecule has 3 rings (SSSR count). The summed E-state index contributed by atoms with van der Waals surface area (Å²) in [4.78, 5) is 13.9. The Hall–Kier alpha value is -1.96. The van der Waals surface area contributed by atoms with E-state index in [1.807, 2.05) is 47.8 Å². The summed E-state index contributed by atoms with van der Waals surface area (Å²) in [5.41, 5.74) is 0. The minimum Gasteiger partial charge on any atom is -0.291 e. The number of nitriles is 1. The first-order valence-corrected chi connectivity index (χ1v) is 7.45. The van der Waals surface area contributed by atoms with Crippen LogP contribution in [0.2, 0.25) is 0 Å². The predicted molar refractivity (Wildman–Crippen MR) is 78.8 cm³/mol. The maximum absolute atomic E-state index is 12.4. The Balaban J connectivity index is 2.01. The highest BCUT2D eigenvalue weighted by Crippen LogP contribution is 2.31. The minimum atomic E-state index is -0.687. The molecule has 1 unspecified atom stereocenters. The van der Waals surface area contributed by atoms with Crippen molar-refractivity contribution in [2.75, 3.05) is 0 Å². The number of hydrogen-bond acceptors (Lipinski definition) is 4. The second-order valence-electron chi connectivity index (χ2n) is 4.09. The van der Waals surface area contributed by atoms with Crippen molar-refractivity contribution in [3.63, 3.8) is 0 Å². The Morgan fingerprint density at radius 2 is 2.05 bits per heavy atom. The first-order chi connectivity index (χ1) is 9.29. The molecule has 0 bridgehead atoms. The molecule has 0 saturated carbocycles. The lowest BCUT2D eigenvalue weighted by Gasteiger charge is -2.02. The van der Waals surface area contributed by atoms with Crippen molar-refractivity contribution in [1.29, 1.82) is 5.26 Å². The summed E-state index contributed by atoms with van der Waals surface area (Å²) in [6, 6.07) is 15.6. The number of ketones is 1. The first-order valence-electron chi connectivity index (χ1n) is 5.75. The number of carbonyl (C=O) groups excluding carboxylic acids is 1. The van der Waals surface area contributed by atoms with Gasteiger partial charge in [0.25, 0.3) is 0 Å². The molecule has 4 heteroatoms. The minimum absolute atomic E-state index is 0.105. The zero-order chi connectivity index (χ0) is 13.2. The number of thiophene rings is 2. The van der Waals surface area contributed by atoms with E-state index < -0.39 is 5.92 Å². The summed E-state index contributed by atoms with van der Waals surface area (Å²) in [7, 11) is 0. The van der Waals surface area contributed by atoms with Crippen LogP contribution in [0.1, 0.15) is 20.5 Å². The number of nitrogens with zero attached hydrogens (tertiary/aromatic N) is 1. The van der Waals surface area contributed by atoms with Crippen molar-refractivity contribution in [2.24, 2.45) is 0 Å². The van der Waals surface area contributed by atoms with Crippen LogP contribution in [0.3, 0.4) is 0 Å². The average molecular weight is 283 g/mol. The highest BCUT2D eigenvalue weighted by molar-refractivity contribution is 7.21. The SMILES string of the molecule is N#CC(C(=O)c1cc2ccccc2s1)c1cccs1. The second kappa shape index (κ2) is 4.96. The molecule has 0 amide bonds. The molecule has 0 fully saturated rings. The fraction of sp³-hybridized carbons (Fsp3) is 0.0667. The van der Waals surface area contributed by atoms with Crippen LogP contribution >= 0.6 is 22.7 Å². The van der Waals surface area contributed by atoms with Crippen LogP contribution in [-0.4, -0.2) is 5.78 Å². The van der Waals surface area contributed by atoms with Gasteiger partial charge in [0.05, 0.1) is 10.9 Å². The zero-order valence-corrected chi connectivity index (χ0v) is 11.5. The monoisotopic (exact) mass is 283 g/mol. The number of carbonyl (C=O) groups is 1. The molecular weight excluding hydrogens is 274 g/mol. The van der Waals surface area contributed by atoms with Gasteiger partial charge in [-0.15, -0.1) is 22.7 Å². The molecule has 2 aromatic heterocycles. The topological polar surface area (TPSA) is 40.9 Å². The van der Waals surface area contributed by atoms with Crippen LogP contribution in [0.4, 0.5) is 0 Å². The molecule has 0 saturated heterocycles. The standard InChI is InChI=1S/C15H9NOS2/c16-9-11(13-6-3-7-18-13)15(17)14-8-10-4-1-2-5-12(10)19-14/h1-8,11H. The number of benzene rings is 1. The van der Waals surface area contributed by atoms with Crippen molar-refractivity contribution in [3.8, 4) is 6.07 Å². The molecule has 0 radical (unpaired) electrons. The third-order valence-electron chi connectivity index (χ3n) is 2.89. The van der Waals surface area contributed by atoms with Crippen LogP contribution in [0.15, 0.2) is 47.8 Å². The molecule has 1 atom stereocenters. The quantitative estimate of drug-likeness (QED) is 0.666. The maximum atomic E-state index is 12.4. The van der Waals surface area contributed by atoms with Crippen LogP contribution in [0.25, 0.3) is 10.1 Å². The summed E-state index contributed by atoms with van der Waals surface area (Å²) >= 11 is 2.90. The molecule has 3 aromatic rings. The fourth-order valence-corrected chi connectivity index (χ4v) is 3.75. The van der Waals surface area contributed by atoms with E-state index in [1.54, 1.807) is 0 Å². The van der Waals surface area contributed by atoms with Crippen molar-refractivity contribution in [3.05, 3.63) is 57.6 Å². The van der Waals surface area contributed by atoms with Crippen molar-refractivity contribution in [1.82, 2.24) is 0 Å². The summed E-state index contributed by atoms with van der Waals surface area (Å²) < 4.78 is 1.08. The number of hydrogen-bond donors (Lipinski definition) is 0. The van der Waals surface area contributed by atoms with Gasteiger partial charge in [0.15, 0.2) is 5.78 Å².